The van der Waals surface area contributed by atoms with Crippen molar-refractivity contribution in [1.29, 1.82) is 0 Å². The molecule has 0 radical (unpaired) electrons. The Hall–Kier alpha value is -1.56. The zero-order valence-electron chi connectivity index (χ0n) is 22.0. The van der Waals surface area contributed by atoms with Crippen LogP contribution in [0.2, 0.25) is 0 Å². The number of ether oxygens (including phenoxy) is 1. The number of hydrogen-bond donors (Lipinski definition) is 5. The third kappa shape index (κ3) is 5.95. The first-order chi connectivity index (χ1) is 16.8. The molecule has 1 aliphatic rings. The van der Waals surface area contributed by atoms with Crippen LogP contribution in [0.5, 0.6) is 0 Å². The van der Waals surface area contributed by atoms with Gasteiger partial charge in [-0.25, -0.2) is 0 Å². The minimum Gasteiger partial charge on any atom is -0.382 e. The molecule has 0 bridgehead atoms. The Labute approximate surface area is 213 Å². The Morgan fingerprint density at radius 3 is 1.50 bits per heavy atom. The molecule has 1 rings (SSSR count). The fraction of sp³-hybridized carbons (Fsp3) is 0.846. The minimum atomic E-state index is -3.57. The molecule has 0 amide bonds. The van der Waals surface area contributed by atoms with Gasteiger partial charge in [-0.05, 0) is 26.2 Å². The predicted octanol–water partition coefficient (Wildman–Crippen LogP) is 1.29. The van der Waals surface area contributed by atoms with Gasteiger partial charge in [-0.15, -0.1) is 0 Å². The molecule has 0 aromatic rings. The van der Waals surface area contributed by atoms with Crippen LogP contribution < -0.4 is 0 Å². The highest BCUT2D eigenvalue weighted by molar-refractivity contribution is 6.07. The van der Waals surface area contributed by atoms with Crippen LogP contribution in [-0.4, -0.2) is 84.0 Å². The van der Waals surface area contributed by atoms with E-state index in [1.54, 1.807) is 0 Å². The number of unbranched alkanes of at least 4 members (excludes halogenated alkanes) is 6. The molecule has 6 atom stereocenters. The molecule has 5 N–H and O–H groups in total. The Morgan fingerprint density at radius 2 is 1.11 bits per heavy atom. The van der Waals surface area contributed by atoms with Crippen molar-refractivity contribution in [2.24, 2.45) is 0 Å². The van der Waals surface area contributed by atoms with Gasteiger partial charge in [0.1, 0.15) is 12.2 Å². The Balaban J connectivity index is 3.83. The van der Waals surface area contributed by atoms with Gasteiger partial charge in [0.15, 0.2) is 35.0 Å². The highest BCUT2D eigenvalue weighted by Crippen LogP contribution is 2.48. The highest BCUT2D eigenvalue weighted by atomic mass is 16.7. The van der Waals surface area contributed by atoms with E-state index in [-0.39, 0.29) is 25.7 Å². The number of hydrogen-bond acceptors (Lipinski definition) is 10. The lowest BCUT2D eigenvalue weighted by Gasteiger charge is -2.57. The summed E-state index contributed by atoms with van der Waals surface area (Å²) >= 11 is 0. The number of Topliss-reactive ketones (excluding diaryl/α,β-unsaturated/α-hetero) is 4. The van der Waals surface area contributed by atoms with E-state index in [2.05, 4.69) is 0 Å². The molecule has 0 saturated carbocycles. The minimum absolute atomic E-state index is 0.203. The second-order valence-corrected chi connectivity index (χ2v) is 9.85. The number of carbonyl (C=O) groups is 4. The van der Waals surface area contributed by atoms with E-state index < -0.39 is 71.3 Å². The fourth-order valence-electron chi connectivity index (χ4n) is 4.82. The molecule has 36 heavy (non-hydrogen) atoms. The van der Waals surface area contributed by atoms with Gasteiger partial charge in [0, 0.05) is 19.3 Å². The number of carbonyl (C=O) groups excluding carboxylic acids is 4. The maximum atomic E-state index is 13.6. The molecule has 2 unspecified atom stereocenters. The van der Waals surface area contributed by atoms with Crippen LogP contribution in [0.1, 0.15) is 105 Å². The number of aliphatic hydroxyl groups is 5. The molecule has 208 valence electrons. The molecule has 0 aromatic carbocycles. The number of aliphatic hydroxyl groups excluding tert-OH is 2. The number of rotatable bonds is 17. The van der Waals surface area contributed by atoms with Crippen molar-refractivity contribution in [1.82, 2.24) is 0 Å². The van der Waals surface area contributed by atoms with Crippen molar-refractivity contribution in [3.8, 4) is 0 Å². The first-order valence-corrected chi connectivity index (χ1v) is 13.1. The summed E-state index contributed by atoms with van der Waals surface area (Å²) in [7, 11) is 0. The largest absolute Gasteiger partial charge is 0.382 e. The van der Waals surface area contributed by atoms with Crippen LogP contribution in [0.3, 0.4) is 0 Å². The van der Waals surface area contributed by atoms with Crippen molar-refractivity contribution in [2.45, 2.75) is 140 Å². The SMILES string of the molecule is CCCCCC(=O)[C@]1(O)[C@@](O)(C(=O)CCCCC)[C@@H](C(O)C(C)=O)OC(O)[C@@]1(O)C(=O)CCCCC. The second-order valence-electron chi connectivity index (χ2n) is 9.85. The molecule has 1 aliphatic heterocycles. The zero-order chi connectivity index (χ0) is 27.7. The Bertz CT molecular complexity index is 783. The van der Waals surface area contributed by atoms with E-state index in [1.807, 2.05) is 20.8 Å². The van der Waals surface area contributed by atoms with E-state index in [0.717, 1.165) is 6.92 Å². The first-order valence-electron chi connectivity index (χ1n) is 13.1. The molecule has 1 fully saturated rings. The second kappa shape index (κ2) is 13.8. The van der Waals surface area contributed by atoms with Crippen molar-refractivity contribution < 1.29 is 49.4 Å². The van der Waals surface area contributed by atoms with E-state index >= 15 is 0 Å². The van der Waals surface area contributed by atoms with E-state index in [9.17, 15) is 44.7 Å². The van der Waals surface area contributed by atoms with Crippen LogP contribution in [-0.2, 0) is 23.9 Å². The lowest BCUT2D eigenvalue weighted by Crippen LogP contribution is -2.87. The average Bonchev–Trinajstić information content (AvgIpc) is 2.84. The van der Waals surface area contributed by atoms with Gasteiger partial charge in [-0.1, -0.05) is 59.3 Å². The third-order valence-electron chi connectivity index (χ3n) is 7.13. The average molecular weight is 517 g/mol. The lowest BCUT2D eigenvalue weighted by molar-refractivity contribution is -0.365. The van der Waals surface area contributed by atoms with Crippen molar-refractivity contribution in [2.75, 3.05) is 0 Å². The molecule has 0 aliphatic carbocycles. The van der Waals surface area contributed by atoms with Gasteiger partial charge in [-0.2, -0.15) is 0 Å². The monoisotopic (exact) mass is 516 g/mol. The molecule has 1 heterocycles. The van der Waals surface area contributed by atoms with Gasteiger partial charge < -0.3 is 30.3 Å². The van der Waals surface area contributed by atoms with Crippen LogP contribution in [0.15, 0.2) is 0 Å². The highest BCUT2D eigenvalue weighted by Gasteiger charge is 2.80. The smallest absolute Gasteiger partial charge is 0.213 e. The standard InChI is InChI=1S/C26H44O10/c1-5-8-11-14-18(28)24(33)22(21(31)17(4)27)36-23(32)25(34,19(29)15-12-9-6-2)26(24,35)20(30)16-13-10-7-3/h21-23,31-35H,5-16H2,1-4H3/t21?,22-,23?,24-,25+,26+/m1/s1. The molecular weight excluding hydrogens is 472 g/mol. The summed E-state index contributed by atoms with van der Waals surface area (Å²) in [5, 5.41) is 56.7. The first kappa shape index (κ1) is 32.5. The van der Waals surface area contributed by atoms with E-state index in [0.29, 0.717) is 38.5 Å². The van der Waals surface area contributed by atoms with Gasteiger partial charge in [-0.3, -0.25) is 19.2 Å². The van der Waals surface area contributed by atoms with Crippen LogP contribution >= 0.6 is 0 Å². The Morgan fingerprint density at radius 1 is 0.722 bits per heavy atom. The summed E-state index contributed by atoms with van der Waals surface area (Å²) in [6.45, 7) is 6.52. The summed E-state index contributed by atoms with van der Waals surface area (Å²) in [6.07, 6.45) is -3.95. The van der Waals surface area contributed by atoms with Crippen LogP contribution in [0.25, 0.3) is 0 Å². The summed E-state index contributed by atoms with van der Waals surface area (Å²) in [5.41, 5.74) is -10.4. The van der Waals surface area contributed by atoms with Gasteiger partial charge in [0.2, 0.25) is 11.2 Å². The van der Waals surface area contributed by atoms with Crippen LogP contribution in [0, 0.1) is 0 Å². The normalized spacial score (nSPS) is 31.1. The quantitative estimate of drug-likeness (QED) is 0.177. The van der Waals surface area contributed by atoms with E-state index in [4.69, 9.17) is 4.74 Å². The predicted molar refractivity (Wildman–Crippen MR) is 130 cm³/mol. The van der Waals surface area contributed by atoms with Crippen molar-refractivity contribution >= 4 is 23.1 Å². The third-order valence-corrected chi connectivity index (χ3v) is 7.13. The maximum Gasteiger partial charge on any atom is 0.213 e. The number of ketones is 4. The zero-order valence-corrected chi connectivity index (χ0v) is 22.0. The van der Waals surface area contributed by atoms with Crippen LogP contribution in [0.4, 0.5) is 0 Å². The van der Waals surface area contributed by atoms with Gasteiger partial charge >= 0.3 is 0 Å². The maximum absolute atomic E-state index is 13.6. The summed E-state index contributed by atoms with van der Waals surface area (Å²) < 4.78 is 5.20. The molecule has 0 spiro atoms. The lowest BCUT2D eigenvalue weighted by atomic mass is 9.58. The van der Waals surface area contributed by atoms with Crippen molar-refractivity contribution in [3.05, 3.63) is 0 Å². The summed E-state index contributed by atoms with van der Waals surface area (Å²) in [6, 6.07) is 0. The fourth-order valence-corrected chi connectivity index (χ4v) is 4.82. The topological polar surface area (TPSA) is 179 Å². The molecule has 1 saturated heterocycles. The molecular formula is C26H44O10. The van der Waals surface area contributed by atoms with Gasteiger partial charge in [0.05, 0.1) is 0 Å². The Kier molecular flexibility index (Phi) is 12.5. The molecule has 0 aromatic heterocycles. The summed E-state index contributed by atoms with van der Waals surface area (Å²) in [4.78, 5) is 52.4. The molecule has 10 heteroatoms. The summed E-state index contributed by atoms with van der Waals surface area (Å²) in [5.74, 6) is -4.60. The van der Waals surface area contributed by atoms with Crippen molar-refractivity contribution in [3.63, 3.8) is 0 Å². The molecule has 10 nitrogen and oxygen atoms in total. The van der Waals surface area contributed by atoms with Gasteiger partial charge in [0.25, 0.3) is 0 Å². The van der Waals surface area contributed by atoms with E-state index in [1.165, 1.54) is 0 Å².